The first kappa shape index (κ1) is 16.3. The number of aromatic nitrogens is 3. The van der Waals surface area contributed by atoms with E-state index >= 15 is 0 Å². The van der Waals surface area contributed by atoms with E-state index in [1.807, 2.05) is 24.2 Å². The van der Waals surface area contributed by atoms with Crippen LogP contribution in [0, 0.1) is 0 Å². The van der Waals surface area contributed by atoms with Crippen LogP contribution in [0.2, 0.25) is 0 Å². The average Bonchev–Trinajstić information content (AvgIpc) is 3.31. The standard InChI is InChI=1S/C18H25N5O2/c1-22(16-8-5-11-25-16)15-9-10-23-17(21-15)14(12-19-23)18(24)20-13-6-3-2-4-7-13/h9-10,12-13,16H,2-8,11H2,1H3,(H,20,24). The molecule has 0 radical (unpaired) electrons. The van der Waals surface area contributed by atoms with E-state index in [9.17, 15) is 4.79 Å². The third-order valence-electron chi connectivity index (χ3n) is 5.24. The van der Waals surface area contributed by atoms with Gasteiger partial charge in [0.1, 0.15) is 17.6 Å². The van der Waals surface area contributed by atoms with Crippen molar-refractivity contribution >= 4 is 17.4 Å². The van der Waals surface area contributed by atoms with Gasteiger partial charge in [-0.25, -0.2) is 9.50 Å². The van der Waals surface area contributed by atoms with E-state index in [0.29, 0.717) is 11.2 Å². The summed E-state index contributed by atoms with van der Waals surface area (Å²) in [7, 11) is 1.98. The molecule has 0 aromatic carbocycles. The quantitative estimate of drug-likeness (QED) is 0.923. The van der Waals surface area contributed by atoms with Gasteiger partial charge in [0.25, 0.3) is 5.91 Å². The predicted octanol–water partition coefficient (Wildman–Crippen LogP) is 2.36. The zero-order chi connectivity index (χ0) is 17.2. The molecule has 0 bridgehead atoms. The second-order valence-corrected chi connectivity index (χ2v) is 7.00. The van der Waals surface area contributed by atoms with Gasteiger partial charge in [0, 0.05) is 25.9 Å². The summed E-state index contributed by atoms with van der Waals surface area (Å²) in [6.07, 6.45) is 11.3. The van der Waals surface area contributed by atoms with E-state index in [-0.39, 0.29) is 18.2 Å². The Morgan fingerprint density at radius 1 is 1.28 bits per heavy atom. The average molecular weight is 343 g/mol. The fourth-order valence-electron chi connectivity index (χ4n) is 3.74. The molecule has 1 aliphatic carbocycles. The number of hydrogen-bond donors (Lipinski definition) is 1. The van der Waals surface area contributed by atoms with Gasteiger partial charge in [0.05, 0.1) is 6.20 Å². The molecule has 25 heavy (non-hydrogen) atoms. The van der Waals surface area contributed by atoms with E-state index in [1.165, 1.54) is 19.3 Å². The molecule has 7 nitrogen and oxygen atoms in total. The minimum Gasteiger partial charge on any atom is -0.358 e. The van der Waals surface area contributed by atoms with Crippen molar-refractivity contribution in [3.63, 3.8) is 0 Å². The molecule has 0 spiro atoms. The Hall–Kier alpha value is -2.15. The summed E-state index contributed by atoms with van der Waals surface area (Å²) in [5.74, 6) is 0.720. The summed E-state index contributed by atoms with van der Waals surface area (Å²) >= 11 is 0. The Bertz CT molecular complexity index is 747. The second-order valence-electron chi connectivity index (χ2n) is 7.00. The van der Waals surface area contributed by atoms with Crippen LogP contribution in [0.15, 0.2) is 18.5 Å². The molecular weight excluding hydrogens is 318 g/mol. The highest BCUT2D eigenvalue weighted by atomic mass is 16.5. The predicted molar refractivity (Wildman–Crippen MR) is 94.7 cm³/mol. The van der Waals surface area contributed by atoms with Crippen LogP contribution in [0.4, 0.5) is 5.82 Å². The lowest BCUT2D eigenvalue weighted by atomic mass is 9.95. The number of hydrogen-bond acceptors (Lipinski definition) is 5. The van der Waals surface area contributed by atoms with Gasteiger partial charge in [-0.15, -0.1) is 0 Å². The minimum absolute atomic E-state index is 0.0531. The number of amides is 1. The molecule has 1 aliphatic heterocycles. The molecule has 3 heterocycles. The summed E-state index contributed by atoms with van der Waals surface area (Å²) in [6, 6.07) is 2.18. The number of ether oxygens (including phenoxy) is 1. The molecule has 2 aromatic rings. The first-order valence-electron chi connectivity index (χ1n) is 9.22. The Kier molecular flexibility index (Phi) is 4.57. The molecule has 2 aliphatic rings. The van der Waals surface area contributed by atoms with E-state index in [2.05, 4.69) is 15.4 Å². The summed E-state index contributed by atoms with van der Waals surface area (Å²) < 4.78 is 7.38. The molecular formula is C18H25N5O2. The molecule has 2 fully saturated rings. The highest BCUT2D eigenvalue weighted by Gasteiger charge is 2.23. The van der Waals surface area contributed by atoms with Gasteiger partial charge in [-0.1, -0.05) is 19.3 Å². The molecule has 1 saturated heterocycles. The minimum atomic E-state index is -0.0775. The molecule has 1 unspecified atom stereocenters. The smallest absolute Gasteiger partial charge is 0.256 e. The fourth-order valence-corrected chi connectivity index (χ4v) is 3.74. The number of nitrogens with one attached hydrogen (secondary N) is 1. The summed E-state index contributed by atoms with van der Waals surface area (Å²) in [5, 5.41) is 7.42. The maximum Gasteiger partial charge on any atom is 0.256 e. The monoisotopic (exact) mass is 343 g/mol. The highest BCUT2D eigenvalue weighted by Crippen LogP contribution is 2.22. The van der Waals surface area contributed by atoms with Crippen LogP contribution in [0.25, 0.3) is 5.65 Å². The van der Waals surface area contributed by atoms with Crippen molar-refractivity contribution in [2.45, 2.75) is 57.2 Å². The van der Waals surface area contributed by atoms with Crippen molar-refractivity contribution in [3.8, 4) is 0 Å². The van der Waals surface area contributed by atoms with E-state index in [0.717, 1.165) is 38.1 Å². The fraction of sp³-hybridized carbons (Fsp3) is 0.611. The third kappa shape index (κ3) is 3.33. The molecule has 1 N–H and O–H groups in total. The Morgan fingerprint density at radius 3 is 2.88 bits per heavy atom. The van der Waals surface area contributed by atoms with Gasteiger partial charge in [-0.2, -0.15) is 5.10 Å². The van der Waals surface area contributed by atoms with Crippen LogP contribution in [-0.4, -0.2) is 46.4 Å². The number of rotatable bonds is 4. The van der Waals surface area contributed by atoms with Gasteiger partial charge in [0.2, 0.25) is 0 Å². The zero-order valence-corrected chi connectivity index (χ0v) is 14.6. The molecule has 1 amide bonds. The topological polar surface area (TPSA) is 71.8 Å². The van der Waals surface area contributed by atoms with Gasteiger partial charge >= 0.3 is 0 Å². The largest absolute Gasteiger partial charge is 0.358 e. The summed E-state index contributed by atoms with van der Waals surface area (Å²) in [6.45, 7) is 0.791. The SMILES string of the molecule is CN(c1ccn2ncc(C(=O)NC3CCCCC3)c2n1)C1CCCO1. The van der Waals surface area contributed by atoms with Crippen LogP contribution >= 0.6 is 0 Å². The number of nitrogens with zero attached hydrogens (tertiary/aromatic N) is 4. The van der Waals surface area contributed by atoms with Gasteiger partial charge in [-0.05, 0) is 31.7 Å². The van der Waals surface area contributed by atoms with Crippen molar-refractivity contribution in [2.24, 2.45) is 0 Å². The maximum atomic E-state index is 12.7. The molecule has 1 atom stereocenters. The van der Waals surface area contributed by atoms with E-state index in [4.69, 9.17) is 4.74 Å². The van der Waals surface area contributed by atoms with Crippen LogP contribution in [-0.2, 0) is 4.74 Å². The Morgan fingerprint density at radius 2 is 2.12 bits per heavy atom. The number of anilines is 1. The van der Waals surface area contributed by atoms with Crippen molar-refractivity contribution in [2.75, 3.05) is 18.6 Å². The molecule has 7 heteroatoms. The van der Waals surface area contributed by atoms with Crippen molar-refractivity contribution < 1.29 is 9.53 Å². The summed E-state index contributed by atoms with van der Waals surface area (Å²) in [5.41, 5.74) is 1.13. The molecule has 1 saturated carbocycles. The zero-order valence-electron chi connectivity index (χ0n) is 14.6. The lowest BCUT2D eigenvalue weighted by Gasteiger charge is -2.24. The second kappa shape index (κ2) is 7.00. The van der Waals surface area contributed by atoms with Gasteiger partial charge in [-0.3, -0.25) is 4.79 Å². The third-order valence-corrected chi connectivity index (χ3v) is 5.24. The first-order chi connectivity index (χ1) is 12.2. The normalized spacial score (nSPS) is 21.6. The van der Waals surface area contributed by atoms with Gasteiger partial charge in [0.15, 0.2) is 5.65 Å². The van der Waals surface area contributed by atoms with Gasteiger partial charge < -0.3 is 15.0 Å². The Balaban J connectivity index is 1.56. The van der Waals surface area contributed by atoms with E-state index in [1.54, 1.807) is 10.7 Å². The maximum absolute atomic E-state index is 12.7. The van der Waals surface area contributed by atoms with Crippen LogP contribution in [0.5, 0.6) is 0 Å². The lowest BCUT2D eigenvalue weighted by molar-refractivity contribution is 0.0929. The van der Waals surface area contributed by atoms with Crippen LogP contribution < -0.4 is 10.2 Å². The molecule has 134 valence electrons. The number of carbonyl (C=O) groups excluding carboxylic acids is 1. The molecule has 4 rings (SSSR count). The number of fused-ring (bicyclic) bond motifs is 1. The van der Waals surface area contributed by atoms with Crippen LogP contribution in [0.3, 0.4) is 0 Å². The Labute approximate surface area is 147 Å². The summed E-state index contributed by atoms with van der Waals surface area (Å²) in [4.78, 5) is 19.4. The van der Waals surface area contributed by atoms with Crippen molar-refractivity contribution in [1.29, 1.82) is 0 Å². The first-order valence-corrected chi connectivity index (χ1v) is 9.22. The lowest BCUT2D eigenvalue weighted by Crippen LogP contribution is -2.36. The van der Waals surface area contributed by atoms with E-state index < -0.39 is 0 Å². The van der Waals surface area contributed by atoms with Crippen molar-refractivity contribution in [1.82, 2.24) is 19.9 Å². The number of carbonyl (C=O) groups is 1. The van der Waals surface area contributed by atoms with Crippen LogP contribution in [0.1, 0.15) is 55.3 Å². The highest BCUT2D eigenvalue weighted by molar-refractivity contribution is 5.99. The molecule has 2 aromatic heterocycles. The van der Waals surface area contributed by atoms with Crippen molar-refractivity contribution in [3.05, 3.63) is 24.0 Å².